The van der Waals surface area contributed by atoms with Gasteiger partial charge in [0, 0.05) is 96.2 Å². The molecule has 4 aliphatic heterocycles. The number of urea groups is 2. The Morgan fingerprint density at radius 2 is 1.06 bits per heavy atom. The van der Waals surface area contributed by atoms with Crippen LogP contribution in [0.5, 0.6) is 0 Å². The van der Waals surface area contributed by atoms with Crippen molar-refractivity contribution in [3.63, 3.8) is 0 Å². The molecule has 364 valence electrons. The first-order valence-electron chi connectivity index (χ1n) is 24.4. The second-order valence-electron chi connectivity index (χ2n) is 20.2. The highest BCUT2D eigenvalue weighted by Gasteiger charge is 2.48. The highest BCUT2D eigenvalue weighted by Crippen LogP contribution is 2.48. The van der Waals surface area contributed by atoms with Gasteiger partial charge in [-0.25, -0.2) is 28.3 Å². The summed E-state index contributed by atoms with van der Waals surface area (Å²) in [6.07, 6.45) is 16.2. The molecule has 2 spiro atoms. The summed E-state index contributed by atoms with van der Waals surface area (Å²) in [7, 11) is 0. The number of benzene rings is 2. The van der Waals surface area contributed by atoms with Crippen molar-refractivity contribution in [3.8, 4) is 22.3 Å². The predicted molar refractivity (Wildman–Crippen MR) is 268 cm³/mol. The minimum atomic E-state index is -0.492. The maximum atomic E-state index is 15.4. The first kappa shape index (κ1) is 45.5. The van der Waals surface area contributed by atoms with Gasteiger partial charge in [-0.2, -0.15) is 0 Å². The smallest absolute Gasteiger partial charge is 0.320 e. The molecule has 4 fully saturated rings. The molecular formula is C52H58F2N12O4. The summed E-state index contributed by atoms with van der Waals surface area (Å²) in [4.78, 5) is 42.8. The highest BCUT2D eigenvalue weighted by atomic mass is 19.1. The quantitative estimate of drug-likeness (QED) is 0.0733. The molecule has 2 saturated carbocycles. The number of carbonyl (C=O) groups is 2. The van der Waals surface area contributed by atoms with E-state index >= 15 is 8.78 Å². The Morgan fingerprint density at radius 1 is 0.629 bits per heavy atom. The molecule has 2 saturated heterocycles. The molecule has 6 aromatic rings. The number of nitrogens with one attached hydrogen (secondary N) is 6. The minimum absolute atomic E-state index is 0.0321. The SMILES string of the molecule is Cc1c(-c2cc3cc(NC(=O)NC4CC5(CCOC5)C4)ncc3c(N)c2F)cnc2c1NCCC2.Cc1c(-c2cc3cc(NC(=O)NC4CC5(CCOC5)C4)ncc3c(N)c2F)cnc2c1NCCC2. The van der Waals surface area contributed by atoms with E-state index in [0.29, 0.717) is 55.4 Å². The predicted octanol–water partition coefficient (Wildman–Crippen LogP) is 8.75. The normalized spacial score (nSPS) is 23.0. The lowest BCUT2D eigenvalue weighted by Crippen LogP contribution is -2.52. The van der Waals surface area contributed by atoms with E-state index in [2.05, 4.69) is 51.8 Å². The van der Waals surface area contributed by atoms with E-state index in [-0.39, 0.29) is 46.4 Å². The Labute approximate surface area is 403 Å². The summed E-state index contributed by atoms with van der Waals surface area (Å²) >= 11 is 0. The number of nitrogens with zero attached hydrogens (tertiary/aromatic N) is 4. The molecule has 0 atom stereocenters. The molecule has 12 rings (SSSR count). The second kappa shape index (κ2) is 18.1. The standard InChI is InChI=1S/2C26H29FN6O2/c2*1-14-18(11-30-20-3-2-5-29-24(14)20)17-7-15-8-21(31-12-19(15)23(28)22(17)27)33-25(34)32-16-9-26(10-16)4-6-35-13-26/h2*7-8,11-12,16,29H,2-6,9-10,13,28H2,1H3,(H2,31,32,33,34). The lowest BCUT2D eigenvalue weighted by atomic mass is 9.65. The molecule has 4 amide bonds. The van der Waals surface area contributed by atoms with Crippen molar-refractivity contribution in [2.45, 2.75) is 90.1 Å². The number of halogens is 2. The minimum Gasteiger partial charge on any atom is -0.396 e. The van der Waals surface area contributed by atoms with E-state index < -0.39 is 11.6 Å². The number of nitrogen functional groups attached to an aromatic ring is 2. The number of aryl methyl sites for hydroxylation is 2. The molecule has 6 aliphatic rings. The first-order chi connectivity index (χ1) is 33.8. The summed E-state index contributed by atoms with van der Waals surface area (Å²) in [5, 5.41) is 20.8. The number of rotatable bonds is 6. The summed E-state index contributed by atoms with van der Waals surface area (Å²) in [5.74, 6) is -0.222. The van der Waals surface area contributed by atoms with Gasteiger partial charge in [0.05, 0.1) is 47.4 Å². The van der Waals surface area contributed by atoms with Crippen LogP contribution in [-0.2, 0) is 22.3 Å². The van der Waals surface area contributed by atoms with Crippen LogP contribution < -0.4 is 43.4 Å². The third-order valence-electron chi connectivity index (χ3n) is 15.4. The molecule has 10 N–H and O–H groups in total. The van der Waals surface area contributed by atoms with Crippen LogP contribution in [0.1, 0.15) is 73.9 Å². The van der Waals surface area contributed by atoms with Gasteiger partial charge in [0.2, 0.25) is 0 Å². The third-order valence-corrected chi connectivity index (χ3v) is 15.4. The number of hydrogen-bond acceptors (Lipinski definition) is 12. The average molecular weight is 953 g/mol. The molecule has 18 heteroatoms. The van der Waals surface area contributed by atoms with Crippen LogP contribution in [0, 0.1) is 36.3 Å². The monoisotopic (exact) mass is 952 g/mol. The third kappa shape index (κ3) is 8.50. The lowest BCUT2D eigenvalue weighted by Gasteiger charge is -2.44. The summed E-state index contributed by atoms with van der Waals surface area (Å²) in [6.45, 7) is 8.88. The van der Waals surface area contributed by atoms with Gasteiger partial charge in [-0.15, -0.1) is 0 Å². The first-order valence-corrected chi connectivity index (χ1v) is 24.4. The highest BCUT2D eigenvalue weighted by molar-refractivity contribution is 6.01. The molecular weight excluding hydrogens is 895 g/mol. The van der Waals surface area contributed by atoms with Crippen molar-refractivity contribution in [2.24, 2.45) is 10.8 Å². The fourth-order valence-corrected chi connectivity index (χ4v) is 11.6. The average Bonchev–Trinajstić information content (AvgIpc) is 4.04. The molecule has 0 unspecified atom stereocenters. The Hall–Kier alpha value is -6.92. The Kier molecular flexibility index (Phi) is 11.8. The molecule has 0 radical (unpaired) electrons. The summed E-state index contributed by atoms with van der Waals surface area (Å²) in [5.41, 5.74) is 20.9. The number of carbonyl (C=O) groups excluding carboxylic acids is 2. The van der Waals surface area contributed by atoms with Crippen molar-refractivity contribution in [1.82, 2.24) is 30.6 Å². The van der Waals surface area contributed by atoms with Gasteiger partial charge in [-0.05, 0) is 135 Å². The van der Waals surface area contributed by atoms with E-state index in [9.17, 15) is 9.59 Å². The van der Waals surface area contributed by atoms with Crippen molar-refractivity contribution in [3.05, 3.63) is 83.2 Å². The molecule has 2 aliphatic carbocycles. The van der Waals surface area contributed by atoms with E-state index in [1.54, 1.807) is 36.7 Å². The fourth-order valence-electron chi connectivity index (χ4n) is 11.6. The van der Waals surface area contributed by atoms with Gasteiger partial charge in [-0.1, -0.05) is 0 Å². The number of hydrogen-bond donors (Lipinski definition) is 8. The van der Waals surface area contributed by atoms with Crippen LogP contribution in [0.4, 0.5) is 52.8 Å². The fraction of sp³-hybridized carbons (Fsp3) is 0.423. The van der Waals surface area contributed by atoms with Crippen molar-refractivity contribution in [1.29, 1.82) is 0 Å². The van der Waals surface area contributed by atoms with Gasteiger partial charge < -0.3 is 42.2 Å². The van der Waals surface area contributed by atoms with Crippen LogP contribution in [-0.4, -0.2) is 83.6 Å². The molecule has 2 aromatic carbocycles. The Balaban J connectivity index is 0.000000152. The molecule has 0 bridgehead atoms. The Morgan fingerprint density at radius 3 is 1.46 bits per heavy atom. The summed E-state index contributed by atoms with van der Waals surface area (Å²) in [6, 6.07) is 6.63. The maximum absolute atomic E-state index is 15.4. The lowest BCUT2D eigenvalue weighted by molar-refractivity contribution is 0.0638. The van der Waals surface area contributed by atoms with E-state index in [0.717, 1.165) is 138 Å². The number of aromatic nitrogens is 4. The Bertz CT molecular complexity index is 2860. The molecule has 70 heavy (non-hydrogen) atoms. The van der Waals surface area contributed by atoms with Gasteiger partial charge in [-0.3, -0.25) is 20.6 Å². The van der Waals surface area contributed by atoms with Crippen LogP contribution in [0.3, 0.4) is 0 Å². The largest absolute Gasteiger partial charge is 0.396 e. The number of fused-ring (bicyclic) bond motifs is 4. The van der Waals surface area contributed by atoms with E-state index in [1.165, 1.54) is 12.4 Å². The van der Waals surface area contributed by atoms with E-state index in [4.69, 9.17) is 20.9 Å². The van der Waals surface area contributed by atoms with Gasteiger partial charge in [0.1, 0.15) is 11.6 Å². The van der Waals surface area contributed by atoms with Gasteiger partial charge in [0.25, 0.3) is 0 Å². The summed E-state index contributed by atoms with van der Waals surface area (Å²) < 4.78 is 41.7. The van der Waals surface area contributed by atoms with Crippen LogP contribution in [0.25, 0.3) is 43.8 Å². The van der Waals surface area contributed by atoms with Crippen LogP contribution in [0.15, 0.2) is 49.1 Å². The number of amides is 4. The number of anilines is 6. The van der Waals surface area contributed by atoms with E-state index in [1.807, 2.05) is 13.8 Å². The van der Waals surface area contributed by atoms with Gasteiger partial charge >= 0.3 is 12.1 Å². The number of nitrogens with two attached hydrogens (primary N) is 2. The van der Waals surface area contributed by atoms with Crippen LogP contribution >= 0.6 is 0 Å². The van der Waals surface area contributed by atoms with Crippen molar-refractivity contribution >= 4 is 68.0 Å². The number of ether oxygens (including phenoxy) is 2. The number of pyridine rings is 4. The van der Waals surface area contributed by atoms with Gasteiger partial charge in [0.15, 0.2) is 11.6 Å². The van der Waals surface area contributed by atoms with Crippen LogP contribution in [0.2, 0.25) is 0 Å². The topological polar surface area (TPSA) is 228 Å². The van der Waals surface area contributed by atoms with Crippen molar-refractivity contribution in [2.75, 3.05) is 72.3 Å². The second-order valence-corrected chi connectivity index (χ2v) is 20.2. The molecule has 8 heterocycles. The zero-order valence-electron chi connectivity index (χ0n) is 39.4. The maximum Gasteiger partial charge on any atom is 0.320 e. The zero-order chi connectivity index (χ0) is 48.3. The molecule has 4 aromatic heterocycles. The van der Waals surface area contributed by atoms with Crippen molar-refractivity contribution < 1.29 is 27.8 Å². The molecule has 16 nitrogen and oxygen atoms in total. The zero-order valence-corrected chi connectivity index (χ0v) is 39.4.